The monoisotopic (exact) mass is 808 g/mol. The molecule has 0 spiro atoms. The Balaban J connectivity index is 0. The second-order valence-corrected chi connectivity index (χ2v) is 9.08. The van der Waals surface area contributed by atoms with Crippen molar-refractivity contribution in [2.75, 3.05) is 22.9 Å². The molecule has 0 atom stereocenters. The topological polar surface area (TPSA) is 317 Å². The predicted octanol–water partition coefficient (Wildman–Crippen LogP) is 5.69. The summed E-state index contributed by atoms with van der Waals surface area (Å²) in [5, 5.41) is 41.3. The zero-order valence-corrected chi connectivity index (χ0v) is 30.0. The van der Waals surface area contributed by atoms with Crippen LogP contribution in [0.3, 0.4) is 0 Å². The van der Waals surface area contributed by atoms with Crippen molar-refractivity contribution in [2.45, 2.75) is 6.92 Å². The van der Waals surface area contributed by atoms with Crippen molar-refractivity contribution in [3.8, 4) is 24.3 Å². The Bertz CT molecular complexity index is 1850. The molecule has 0 aliphatic heterocycles. The van der Waals surface area contributed by atoms with Gasteiger partial charge in [0.2, 0.25) is 22.7 Å². The maximum absolute atomic E-state index is 9.00. The van der Waals surface area contributed by atoms with E-state index in [4.69, 9.17) is 80.2 Å². The molecule has 18 nitrogen and oxygen atoms in total. The number of halogens is 2. The van der Waals surface area contributed by atoms with Crippen molar-refractivity contribution in [3.05, 3.63) is 89.5 Å². The van der Waals surface area contributed by atoms with Gasteiger partial charge in [-0.1, -0.05) is 0 Å². The van der Waals surface area contributed by atoms with Crippen LogP contribution in [0.5, 0.6) is 0 Å². The number of carboxylic acid groups (broad SMARTS) is 1. The van der Waals surface area contributed by atoms with Crippen LogP contribution in [0.2, 0.25) is 0 Å². The maximum Gasteiger partial charge on any atom is 0.300 e. The van der Waals surface area contributed by atoms with Gasteiger partial charge in [-0.15, -0.1) is 0 Å². The number of nitrogens with zero attached hydrogens (tertiary/aromatic N) is 8. The quantitative estimate of drug-likeness (QED) is 0.0771. The number of hydrogen-bond donors (Lipinski definition) is 9. The molecule has 4 heterocycles. The molecule has 0 bridgehead atoms. The molecule has 4 aromatic heterocycles. The van der Waals surface area contributed by atoms with Gasteiger partial charge in [0, 0.05) is 38.8 Å². The number of H-pyrrole nitrogens is 4. The molecule has 0 unspecified atom stereocenters. The fourth-order valence-electron chi connectivity index (χ4n) is 2.67. The van der Waals surface area contributed by atoms with E-state index in [1.807, 2.05) is 24.3 Å². The number of carboxylic acids is 1. The summed E-state index contributed by atoms with van der Waals surface area (Å²) in [6.07, 6.45) is 2.84. The molecule has 0 aliphatic carbocycles. The predicted molar refractivity (Wildman–Crippen MR) is 173 cm³/mol. The Morgan fingerprint density at radius 3 is 1.13 bits per heavy atom. The van der Waals surface area contributed by atoms with Crippen molar-refractivity contribution in [2.24, 2.45) is 0 Å². The van der Waals surface area contributed by atoms with E-state index in [0.29, 0.717) is 20.3 Å². The Hall–Kier alpha value is -6.71. The molecule has 4 rings (SSSR count). The summed E-state index contributed by atoms with van der Waals surface area (Å²) < 4.78 is 0.923. The van der Waals surface area contributed by atoms with Crippen molar-refractivity contribution in [1.29, 1.82) is 21.0 Å². The second-order valence-electron chi connectivity index (χ2n) is 7.50. The summed E-state index contributed by atoms with van der Waals surface area (Å²) in [6.45, 7) is 27.7. The molecular formula is C26H18Br2N16O2Zn. The van der Waals surface area contributed by atoms with Crippen LogP contribution >= 0.6 is 31.9 Å². The van der Waals surface area contributed by atoms with E-state index in [1.54, 1.807) is 0 Å². The van der Waals surface area contributed by atoms with E-state index in [2.05, 4.69) is 71.2 Å². The number of hydrogen-bond acceptors (Lipinski definition) is 9. The second kappa shape index (κ2) is 21.1. The number of nitrogen functional groups attached to an aromatic ring is 4. The molecule has 21 heteroatoms. The number of nitrogens with two attached hydrogens (primary N) is 4. The SMILES string of the molecule is CC(=O)O.[C-]#[N+]c1c(C#N)c[nH]c1N.[C-]#[N+]c1c(C#N)c[nH]c1N.[C-]#[N+]c1c(N)[nH]c(Br)c1C#N.[C-]#[N+]c1c(N)[nH]c(Br)c1C#N.[Zn]. The van der Waals surface area contributed by atoms with Crippen LogP contribution in [0.25, 0.3) is 19.4 Å². The number of nitriles is 4. The molecule has 0 aromatic carbocycles. The van der Waals surface area contributed by atoms with E-state index >= 15 is 0 Å². The van der Waals surface area contributed by atoms with E-state index in [0.717, 1.165) is 6.92 Å². The number of aliphatic carboxylic acids is 1. The minimum Gasteiger partial charge on any atom is -0.481 e. The summed E-state index contributed by atoms with van der Waals surface area (Å²) in [6, 6.07) is 7.41. The van der Waals surface area contributed by atoms with E-state index in [-0.39, 0.29) is 76.6 Å². The maximum atomic E-state index is 9.00. The third kappa shape index (κ3) is 12.1. The molecule has 47 heavy (non-hydrogen) atoms. The smallest absolute Gasteiger partial charge is 0.300 e. The van der Waals surface area contributed by atoms with Gasteiger partial charge >= 0.3 is 0 Å². The number of aromatic amines is 4. The Kier molecular flexibility index (Phi) is 19.0. The van der Waals surface area contributed by atoms with E-state index in [1.165, 1.54) is 12.4 Å². The third-order valence-electron chi connectivity index (χ3n) is 4.59. The summed E-state index contributed by atoms with van der Waals surface area (Å²) in [4.78, 5) is 31.8. The average Bonchev–Trinajstić information content (AvgIpc) is 3.73. The first-order chi connectivity index (χ1) is 21.7. The Labute approximate surface area is 296 Å². The molecule has 0 saturated carbocycles. The minimum atomic E-state index is -0.833. The van der Waals surface area contributed by atoms with E-state index in [9.17, 15) is 0 Å². The molecule has 0 aliphatic rings. The van der Waals surface area contributed by atoms with Gasteiger partial charge in [-0.3, -0.25) is 4.79 Å². The van der Waals surface area contributed by atoms with Crippen LogP contribution in [0, 0.1) is 71.6 Å². The molecule has 13 N–H and O–H groups in total. The number of carbonyl (C=O) groups is 1. The fraction of sp³-hybridized carbons (Fsp3) is 0.0385. The van der Waals surface area contributed by atoms with Gasteiger partial charge in [-0.25, -0.2) is 19.4 Å². The van der Waals surface area contributed by atoms with Gasteiger partial charge in [0.15, 0.2) is 0 Å². The average molecular weight is 812 g/mol. The summed E-state index contributed by atoms with van der Waals surface area (Å²) in [7, 11) is 0. The summed E-state index contributed by atoms with van der Waals surface area (Å²) in [5.41, 5.74) is 23.3. The number of rotatable bonds is 0. The molecule has 0 amide bonds. The minimum absolute atomic E-state index is 0. The standard InChI is InChI=1S/2C6H3BrN4.2C6H4N4.C2H4O2.Zn/c2*1-10-4-3(2-8)5(7)11-6(4)9;2*1-9-5-4(2-7)3-10-6(5)8;1-2(3)4;/h2*11H,9H2;2*3,10H,8H2;1H3,(H,3,4);. The molecular weight excluding hydrogens is 794 g/mol. The first kappa shape index (κ1) is 42.4. The van der Waals surface area contributed by atoms with Crippen molar-refractivity contribution in [1.82, 2.24) is 19.9 Å². The normalized spacial score (nSPS) is 8.06. The van der Waals surface area contributed by atoms with Gasteiger partial charge in [0.05, 0.1) is 82.0 Å². The van der Waals surface area contributed by atoms with Gasteiger partial charge in [-0.05, 0) is 31.9 Å². The molecule has 0 saturated heterocycles. The number of anilines is 4. The summed E-state index contributed by atoms with van der Waals surface area (Å²) >= 11 is 6.14. The van der Waals surface area contributed by atoms with Crippen LogP contribution in [0.4, 0.5) is 46.0 Å². The van der Waals surface area contributed by atoms with Crippen LogP contribution < -0.4 is 22.9 Å². The molecule has 230 valence electrons. The Morgan fingerprint density at radius 2 is 0.957 bits per heavy atom. The van der Waals surface area contributed by atoms with Crippen LogP contribution in [0.1, 0.15) is 29.2 Å². The Morgan fingerprint density at radius 1 is 0.681 bits per heavy atom. The third-order valence-corrected chi connectivity index (χ3v) is 5.78. The molecule has 0 radical (unpaired) electrons. The van der Waals surface area contributed by atoms with Gasteiger partial charge in [-0.2, -0.15) is 21.0 Å². The zero-order chi connectivity index (χ0) is 35.6. The first-order valence-corrected chi connectivity index (χ1v) is 12.9. The van der Waals surface area contributed by atoms with Crippen molar-refractivity contribution < 1.29 is 29.4 Å². The van der Waals surface area contributed by atoms with Crippen LogP contribution in [-0.2, 0) is 24.3 Å². The van der Waals surface area contributed by atoms with Crippen molar-refractivity contribution >= 4 is 83.9 Å². The van der Waals surface area contributed by atoms with Crippen LogP contribution in [0.15, 0.2) is 21.6 Å². The van der Waals surface area contributed by atoms with Crippen LogP contribution in [-0.4, -0.2) is 31.0 Å². The number of nitrogens with one attached hydrogen (secondary N) is 4. The summed E-state index contributed by atoms with van der Waals surface area (Å²) in [5.74, 6) is 0.130. The largest absolute Gasteiger partial charge is 0.481 e. The first-order valence-electron chi connectivity index (χ1n) is 11.3. The fourth-order valence-corrected chi connectivity index (χ4v) is 3.65. The molecule has 4 aromatic rings. The van der Waals surface area contributed by atoms with Gasteiger partial charge < -0.3 is 48.0 Å². The van der Waals surface area contributed by atoms with Crippen molar-refractivity contribution in [3.63, 3.8) is 0 Å². The van der Waals surface area contributed by atoms with Gasteiger partial charge in [0.25, 0.3) is 5.97 Å². The van der Waals surface area contributed by atoms with Gasteiger partial charge in [0.1, 0.15) is 23.3 Å². The van der Waals surface area contributed by atoms with E-state index < -0.39 is 5.97 Å². The number of aromatic nitrogens is 4. The molecule has 0 fully saturated rings. The zero-order valence-electron chi connectivity index (χ0n) is 23.9.